The molecule has 3 rings (SSSR count). The van der Waals surface area contributed by atoms with Crippen molar-refractivity contribution in [1.82, 2.24) is 24.8 Å². The molecule has 1 aromatic carbocycles. The second-order valence-electron chi connectivity index (χ2n) is 9.42. The standard InChI is InChI=1S/C27H34N6O6/c1-17(2)39-16-18-9-7-11-19-24(18)31-22(28-19)15-33-14-8-12-21(26(33)36)29-25(35)20(30-27(37)38)10-5-6-13-23(34)32(3)4/h6-9,11-14,17,20,30H,5,10,15-16H2,1-4H3,(H,28,31)(H,29,35)(H,37,38)/b13-6+/t20-/m0/s1. The van der Waals surface area contributed by atoms with E-state index in [0.717, 1.165) is 16.6 Å². The molecule has 0 unspecified atom stereocenters. The minimum absolute atomic E-state index is 0.000139. The van der Waals surface area contributed by atoms with E-state index < -0.39 is 23.6 Å². The van der Waals surface area contributed by atoms with E-state index in [-0.39, 0.29) is 37.1 Å². The number of nitrogens with one attached hydrogen (secondary N) is 3. The van der Waals surface area contributed by atoms with Crippen molar-refractivity contribution in [3.63, 3.8) is 0 Å². The number of carbonyl (C=O) groups is 3. The van der Waals surface area contributed by atoms with Crippen molar-refractivity contribution in [2.45, 2.75) is 52.0 Å². The molecule has 0 saturated carbocycles. The second-order valence-corrected chi connectivity index (χ2v) is 9.42. The van der Waals surface area contributed by atoms with Gasteiger partial charge in [0.25, 0.3) is 5.56 Å². The molecule has 1 atom stereocenters. The molecule has 12 heteroatoms. The number of pyridine rings is 1. The first-order chi connectivity index (χ1) is 18.5. The third-order valence-corrected chi connectivity index (χ3v) is 5.75. The first-order valence-electron chi connectivity index (χ1n) is 12.5. The van der Waals surface area contributed by atoms with Crippen LogP contribution in [0.5, 0.6) is 0 Å². The van der Waals surface area contributed by atoms with Crippen LogP contribution in [0.15, 0.2) is 53.5 Å². The maximum Gasteiger partial charge on any atom is 0.405 e. The fourth-order valence-electron chi connectivity index (χ4n) is 3.74. The van der Waals surface area contributed by atoms with Gasteiger partial charge < -0.3 is 34.9 Å². The van der Waals surface area contributed by atoms with E-state index in [2.05, 4.69) is 20.6 Å². The number of aromatic amines is 1. The number of hydrogen-bond acceptors (Lipinski definition) is 6. The van der Waals surface area contributed by atoms with E-state index in [4.69, 9.17) is 9.84 Å². The Balaban J connectivity index is 1.73. The van der Waals surface area contributed by atoms with Gasteiger partial charge in [-0.25, -0.2) is 9.78 Å². The summed E-state index contributed by atoms with van der Waals surface area (Å²) in [6.07, 6.45) is 3.55. The zero-order valence-corrected chi connectivity index (χ0v) is 22.4. The van der Waals surface area contributed by atoms with Crippen LogP contribution in [0.25, 0.3) is 11.0 Å². The quantitative estimate of drug-likeness (QED) is 0.258. The summed E-state index contributed by atoms with van der Waals surface area (Å²) < 4.78 is 7.11. The summed E-state index contributed by atoms with van der Waals surface area (Å²) in [5.41, 5.74) is 2.03. The lowest BCUT2D eigenvalue weighted by molar-refractivity contribution is -0.123. The second kappa shape index (κ2) is 13.4. The summed E-state index contributed by atoms with van der Waals surface area (Å²) in [6, 6.07) is 7.67. The number of aromatic nitrogens is 3. The van der Waals surface area contributed by atoms with Gasteiger partial charge in [0.15, 0.2) is 0 Å². The Hall–Kier alpha value is -4.45. The molecule has 2 heterocycles. The summed E-state index contributed by atoms with van der Waals surface area (Å²) in [7, 11) is 3.21. The number of ether oxygens (including phenoxy) is 1. The van der Waals surface area contributed by atoms with Gasteiger partial charge in [-0.2, -0.15) is 0 Å². The van der Waals surface area contributed by atoms with Gasteiger partial charge in [-0.05, 0) is 51.0 Å². The molecule has 0 aliphatic heterocycles. The van der Waals surface area contributed by atoms with E-state index in [9.17, 15) is 19.2 Å². The SMILES string of the molecule is CC(C)OCc1cccc2[nH]c(Cn3cccc(NC(=O)[C@H](CC/C=C/C(=O)N(C)C)NC(=O)O)c3=O)nc12. The molecule has 3 amide bonds. The average molecular weight is 539 g/mol. The minimum atomic E-state index is -1.38. The van der Waals surface area contributed by atoms with Crippen molar-refractivity contribution < 1.29 is 24.2 Å². The number of H-pyrrole nitrogens is 1. The zero-order valence-electron chi connectivity index (χ0n) is 22.4. The topological polar surface area (TPSA) is 159 Å². The van der Waals surface area contributed by atoms with Crippen molar-refractivity contribution in [3.8, 4) is 0 Å². The maximum atomic E-state index is 13.1. The number of amides is 3. The number of anilines is 1. The molecule has 0 spiro atoms. The predicted molar refractivity (Wildman–Crippen MR) is 146 cm³/mol. The Morgan fingerprint density at radius 1 is 1.21 bits per heavy atom. The number of para-hydroxylation sites is 1. The van der Waals surface area contributed by atoms with Crippen LogP contribution < -0.4 is 16.2 Å². The van der Waals surface area contributed by atoms with Crippen LogP contribution in [0.1, 0.15) is 38.1 Å². The van der Waals surface area contributed by atoms with Crippen LogP contribution >= 0.6 is 0 Å². The van der Waals surface area contributed by atoms with Gasteiger partial charge in [0.1, 0.15) is 17.6 Å². The van der Waals surface area contributed by atoms with E-state index in [1.165, 1.54) is 21.6 Å². The Kier molecular flexibility index (Phi) is 9.98. The van der Waals surface area contributed by atoms with Crippen molar-refractivity contribution in [2.24, 2.45) is 0 Å². The molecule has 208 valence electrons. The largest absolute Gasteiger partial charge is 0.465 e. The van der Waals surface area contributed by atoms with Gasteiger partial charge >= 0.3 is 6.09 Å². The number of hydrogen-bond donors (Lipinski definition) is 4. The van der Waals surface area contributed by atoms with E-state index in [1.807, 2.05) is 32.0 Å². The van der Waals surface area contributed by atoms with Crippen molar-refractivity contribution >= 4 is 34.6 Å². The molecular weight excluding hydrogens is 504 g/mol. The average Bonchev–Trinajstić information content (AvgIpc) is 3.29. The number of imidazole rings is 1. The molecule has 3 aromatic rings. The number of likely N-dealkylation sites (N-methyl/N-ethyl adjacent to an activating group) is 1. The van der Waals surface area contributed by atoms with E-state index in [1.54, 1.807) is 32.4 Å². The highest BCUT2D eigenvalue weighted by Gasteiger charge is 2.21. The normalized spacial score (nSPS) is 12.1. The number of carbonyl (C=O) groups excluding carboxylic acids is 2. The number of fused-ring (bicyclic) bond motifs is 1. The Morgan fingerprint density at radius 2 is 1.97 bits per heavy atom. The highest BCUT2D eigenvalue weighted by molar-refractivity contribution is 5.96. The van der Waals surface area contributed by atoms with Gasteiger partial charge in [-0.1, -0.05) is 18.2 Å². The van der Waals surface area contributed by atoms with Gasteiger partial charge in [0.05, 0.1) is 30.3 Å². The predicted octanol–water partition coefficient (Wildman–Crippen LogP) is 2.70. The van der Waals surface area contributed by atoms with Crippen molar-refractivity contribution in [2.75, 3.05) is 19.4 Å². The first-order valence-corrected chi connectivity index (χ1v) is 12.5. The monoisotopic (exact) mass is 538 g/mol. The molecule has 12 nitrogen and oxygen atoms in total. The number of allylic oxidation sites excluding steroid dienone is 1. The molecule has 0 radical (unpaired) electrons. The fraction of sp³-hybridized carbons (Fsp3) is 0.370. The summed E-state index contributed by atoms with van der Waals surface area (Å²) >= 11 is 0. The molecule has 0 aliphatic carbocycles. The Bertz CT molecular complexity index is 1410. The summed E-state index contributed by atoms with van der Waals surface area (Å²) in [5.74, 6) is -0.355. The van der Waals surface area contributed by atoms with Gasteiger partial charge in [0.2, 0.25) is 11.8 Å². The molecule has 0 fully saturated rings. The third-order valence-electron chi connectivity index (χ3n) is 5.75. The molecule has 0 bridgehead atoms. The van der Waals surface area contributed by atoms with Crippen molar-refractivity contribution in [1.29, 1.82) is 0 Å². The number of carboxylic acid groups (broad SMARTS) is 1. The summed E-state index contributed by atoms with van der Waals surface area (Å²) in [4.78, 5) is 58.1. The van der Waals surface area contributed by atoms with E-state index in [0.29, 0.717) is 12.4 Å². The first kappa shape index (κ1) is 29.1. The number of nitrogens with zero attached hydrogens (tertiary/aromatic N) is 3. The van der Waals surface area contributed by atoms with Crippen LogP contribution in [-0.4, -0.2) is 68.7 Å². The van der Waals surface area contributed by atoms with Crippen LogP contribution in [-0.2, 0) is 27.5 Å². The Morgan fingerprint density at radius 3 is 2.67 bits per heavy atom. The molecular formula is C27H34N6O6. The minimum Gasteiger partial charge on any atom is -0.465 e. The smallest absolute Gasteiger partial charge is 0.405 e. The Labute approximate surface area is 225 Å². The van der Waals surface area contributed by atoms with Gasteiger partial charge in [0, 0.05) is 25.9 Å². The lowest BCUT2D eigenvalue weighted by Crippen LogP contribution is -2.44. The molecule has 0 saturated heterocycles. The third kappa shape index (κ3) is 8.27. The number of benzene rings is 1. The molecule has 2 aromatic heterocycles. The van der Waals surface area contributed by atoms with Crippen LogP contribution in [0.3, 0.4) is 0 Å². The van der Waals surface area contributed by atoms with Crippen LogP contribution in [0, 0.1) is 0 Å². The van der Waals surface area contributed by atoms with E-state index >= 15 is 0 Å². The van der Waals surface area contributed by atoms with Gasteiger partial charge in [-0.15, -0.1) is 0 Å². The fourth-order valence-corrected chi connectivity index (χ4v) is 3.74. The van der Waals surface area contributed by atoms with Crippen molar-refractivity contribution in [3.05, 3.63) is 70.4 Å². The summed E-state index contributed by atoms with van der Waals surface area (Å²) in [6.45, 7) is 4.46. The highest BCUT2D eigenvalue weighted by atomic mass is 16.5. The molecule has 39 heavy (non-hydrogen) atoms. The maximum absolute atomic E-state index is 13.1. The lowest BCUT2D eigenvalue weighted by atomic mass is 10.1. The summed E-state index contributed by atoms with van der Waals surface area (Å²) in [5, 5.41) is 13.9. The van der Waals surface area contributed by atoms with Crippen LogP contribution in [0.2, 0.25) is 0 Å². The van der Waals surface area contributed by atoms with Crippen LogP contribution in [0.4, 0.5) is 10.5 Å². The number of rotatable bonds is 12. The molecule has 4 N–H and O–H groups in total. The zero-order chi connectivity index (χ0) is 28.5. The lowest BCUT2D eigenvalue weighted by Gasteiger charge is -2.16. The highest BCUT2D eigenvalue weighted by Crippen LogP contribution is 2.18. The van der Waals surface area contributed by atoms with Gasteiger partial charge in [-0.3, -0.25) is 14.4 Å². The molecule has 0 aliphatic rings.